The molecule has 0 unspecified atom stereocenters. The highest BCUT2D eigenvalue weighted by atomic mass is 16.5. The summed E-state index contributed by atoms with van der Waals surface area (Å²) in [5, 5.41) is 0. The summed E-state index contributed by atoms with van der Waals surface area (Å²) in [5.41, 5.74) is 1.48. The lowest BCUT2D eigenvalue weighted by Crippen LogP contribution is -1.88. The summed E-state index contributed by atoms with van der Waals surface area (Å²) in [5.74, 6) is 0. The Labute approximate surface area is 113 Å². The van der Waals surface area contributed by atoms with E-state index in [4.69, 9.17) is 4.74 Å². The number of benzene rings is 1. The van der Waals surface area contributed by atoms with Crippen LogP contribution in [0.25, 0.3) is 0 Å². The molecular formula is C17H28O. The van der Waals surface area contributed by atoms with E-state index >= 15 is 0 Å². The van der Waals surface area contributed by atoms with Gasteiger partial charge in [-0.25, -0.2) is 0 Å². The van der Waals surface area contributed by atoms with Gasteiger partial charge in [-0.15, -0.1) is 0 Å². The molecule has 0 aromatic heterocycles. The fraction of sp³-hybridized carbons (Fsp3) is 0.647. The maximum atomic E-state index is 5.04. The first-order chi connectivity index (χ1) is 8.93. The molecule has 18 heavy (non-hydrogen) atoms. The van der Waals surface area contributed by atoms with Crippen molar-refractivity contribution in [3.05, 3.63) is 35.9 Å². The minimum Gasteiger partial charge on any atom is -0.385 e. The summed E-state index contributed by atoms with van der Waals surface area (Å²) in [7, 11) is 1.78. The number of unbranched alkanes of at least 4 members (excludes halogenated alkanes) is 7. The Balaban J connectivity index is 1.82. The van der Waals surface area contributed by atoms with Crippen molar-refractivity contribution in [2.24, 2.45) is 0 Å². The van der Waals surface area contributed by atoms with Crippen molar-refractivity contribution < 1.29 is 4.74 Å². The topological polar surface area (TPSA) is 9.23 Å². The van der Waals surface area contributed by atoms with E-state index in [9.17, 15) is 0 Å². The van der Waals surface area contributed by atoms with Gasteiger partial charge in [-0.1, -0.05) is 68.9 Å². The maximum Gasteiger partial charge on any atom is 0.0462 e. The first-order valence-corrected chi connectivity index (χ1v) is 7.46. The number of ether oxygens (including phenoxy) is 1. The van der Waals surface area contributed by atoms with Crippen molar-refractivity contribution in [2.75, 3.05) is 13.7 Å². The highest BCUT2D eigenvalue weighted by molar-refractivity contribution is 5.14. The molecule has 1 nitrogen and oxygen atoms in total. The zero-order valence-corrected chi connectivity index (χ0v) is 11.9. The van der Waals surface area contributed by atoms with Gasteiger partial charge < -0.3 is 4.74 Å². The Morgan fingerprint density at radius 3 is 1.89 bits per heavy atom. The Bertz CT molecular complexity index is 268. The second kappa shape index (κ2) is 11.3. The zero-order valence-electron chi connectivity index (χ0n) is 11.9. The second-order valence-corrected chi connectivity index (χ2v) is 5.06. The lowest BCUT2D eigenvalue weighted by molar-refractivity contribution is 0.192. The number of hydrogen-bond acceptors (Lipinski definition) is 1. The summed E-state index contributed by atoms with van der Waals surface area (Å²) >= 11 is 0. The van der Waals surface area contributed by atoms with Gasteiger partial charge in [0.1, 0.15) is 0 Å². The van der Waals surface area contributed by atoms with Crippen LogP contribution in [0.5, 0.6) is 0 Å². The van der Waals surface area contributed by atoms with Crippen LogP contribution in [0.15, 0.2) is 30.3 Å². The van der Waals surface area contributed by atoms with Crippen LogP contribution < -0.4 is 0 Å². The molecule has 0 fully saturated rings. The van der Waals surface area contributed by atoms with Gasteiger partial charge in [0.05, 0.1) is 0 Å². The van der Waals surface area contributed by atoms with E-state index in [1.54, 1.807) is 7.11 Å². The standard InChI is InChI=1S/C17H28O/c1-18-16-12-7-5-3-2-4-6-9-13-17-14-10-8-11-15-17/h8,10-11,14-15H,2-7,9,12-13,16H2,1H3. The number of aryl methyl sites for hydroxylation is 1. The predicted octanol–water partition coefficient (Wildman–Crippen LogP) is 5.00. The van der Waals surface area contributed by atoms with Gasteiger partial charge in [0, 0.05) is 13.7 Å². The van der Waals surface area contributed by atoms with Crippen LogP contribution in [0.2, 0.25) is 0 Å². The maximum absolute atomic E-state index is 5.04. The Morgan fingerprint density at radius 1 is 0.722 bits per heavy atom. The van der Waals surface area contributed by atoms with Crippen molar-refractivity contribution in [1.82, 2.24) is 0 Å². The fourth-order valence-corrected chi connectivity index (χ4v) is 2.28. The van der Waals surface area contributed by atoms with Gasteiger partial charge in [-0.2, -0.15) is 0 Å². The molecule has 1 aromatic rings. The molecule has 0 aliphatic rings. The molecule has 0 amide bonds. The molecule has 0 heterocycles. The molecule has 0 aliphatic heterocycles. The van der Waals surface area contributed by atoms with E-state index in [0.717, 1.165) is 6.61 Å². The molecule has 0 aliphatic carbocycles. The highest BCUT2D eigenvalue weighted by Gasteiger charge is 1.94. The largest absolute Gasteiger partial charge is 0.385 e. The Morgan fingerprint density at radius 2 is 1.28 bits per heavy atom. The molecule has 0 bridgehead atoms. The smallest absolute Gasteiger partial charge is 0.0462 e. The molecule has 0 atom stereocenters. The molecule has 1 rings (SSSR count). The Kier molecular flexibility index (Phi) is 9.55. The minimum atomic E-state index is 0.928. The van der Waals surface area contributed by atoms with E-state index in [-0.39, 0.29) is 0 Å². The average molecular weight is 248 g/mol. The van der Waals surface area contributed by atoms with Crippen LogP contribution in [-0.4, -0.2) is 13.7 Å². The van der Waals surface area contributed by atoms with Crippen LogP contribution in [0.3, 0.4) is 0 Å². The number of rotatable bonds is 11. The van der Waals surface area contributed by atoms with Gasteiger partial charge in [-0.05, 0) is 24.8 Å². The summed E-state index contributed by atoms with van der Waals surface area (Å²) in [6.45, 7) is 0.928. The van der Waals surface area contributed by atoms with Gasteiger partial charge in [-0.3, -0.25) is 0 Å². The molecule has 0 N–H and O–H groups in total. The van der Waals surface area contributed by atoms with E-state index in [2.05, 4.69) is 30.3 Å². The van der Waals surface area contributed by atoms with Gasteiger partial charge >= 0.3 is 0 Å². The highest BCUT2D eigenvalue weighted by Crippen LogP contribution is 2.11. The van der Waals surface area contributed by atoms with Crippen molar-refractivity contribution in [2.45, 2.75) is 57.8 Å². The van der Waals surface area contributed by atoms with Crippen molar-refractivity contribution >= 4 is 0 Å². The minimum absolute atomic E-state index is 0.928. The summed E-state index contributed by atoms with van der Waals surface area (Å²) in [6, 6.07) is 10.8. The summed E-state index contributed by atoms with van der Waals surface area (Å²) < 4.78 is 5.04. The SMILES string of the molecule is COCCCCCCCCCCc1ccccc1. The van der Waals surface area contributed by atoms with Gasteiger partial charge in [0.2, 0.25) is 0 Å². The van der Waals surface area contributed by atoms with Crippen LogP contribution in [-0.2, 0) is 11.2 Å². The fourth-order valence-electron chi connectivity index (χ4n) is 2.28. The van der Waals surface area contributed by atoms with Gasteiger partial charge in [0.25, 0.3) is 0 Å². The lowest BCUT2D eigenvalue weighted by Gasteiger charge is -2.03. The Hall–Kier alpha value is -0.820. The van der Waals surface area contributed by atoms with Crippen molar-refractivity contribution in [1.29, 1.82) is 0 Å². The summed E-state index contributed by atoms with van der Waals surface area (Å²) in [6.07, 6.45) is 12.1. The first-order valence-electron chi connectivity index (χ1n) is 7.46. The second-order valence-electron chi connectivity index (χ2n) is 5.06. The third kappa shape index (κ3) is 8.30. The number of methoxy groups -OCH3 is 1. The molecule has 1 aromatic carbocycles. The third-order valence-corrected chi connectivity index (χ3v) is 3.41. The molecular weight excluding hydrogens is 220 g/mol. The predicted molar refractivity (Wildman–Crippen MR) is 79.0 cm³/mol. The van der Waals surface area contributed by atoms with Crippen molar-refractivity contribution in [3.8, 4) is 0 Å². The van der Waals surface area contributed by atoms with Crippen LogP contribution in [0.4, 0.5) is 0 Å². The molecule has 1 heteroatoms. The van der Waals surface area contributed by atoms with Gasteiger partial charge in [0.15, 0.2) is 0 Å². The van der Waals surface area contributed by atoms with E-state index in [0.29, 0.717) is 0 Å². The molecule has 0 saturated carbocycles. The van der Waals surface area contributed by atoms with Crippen molar-refractivity contribution in [3.63, 3.8) is 0 Å². The zero-order chi connectivity index (χ0) is 12.9. The lowest BCUT2D eigenvalue weighted by atomic mass is 10.0. The molecule has 0 radical (unpaired) electrons. The normalized spacial score (nSPS) is 10.7. The summed E-state index contributed by atoms with van der Waals surface area (Å²) in [4.78, 5) is 0. The van der Waals surface area contributed by atoms with E-state index in [1.807, 2.05) is 0 Å². The third-order valence-electron chi connectivity index (χ3n) is 3.41. The molecule has 0 saturated heterocycles. The monoisotopic (exact) mass is 248 g/mol. The van der Waals surface area contributed by atoms with Crippen LogP contribution in [0, 0.1) is 0 Å². The quantitative estimate of drug-likeness (QED) is 0.501. The molecule has 0 spiro atoms. The number of hydrogen-bond donors (Lipinski definition) is 0. The molecule has 102 valence electrons. The first kappa shape index (κ1) is 15.2. The van der Waals surface area contributed by atoms with E-state index < -0.39 is 0 Å². The average Bonchev–Trinajstić information content (AvgIpc) is 2.42. The van der Waals surface area contributed by atoms with E-state index in [1.165, 1.54) is 63.4 Å². The van der Waals surface area contributed by atoms with Crippen LogP contribution in [0.1, 0.15) is 56.9 Å². The van der Waals surface area contributed by atoms with Crippen LogP contribution >= 0.6 is 0 Å².